The zero-order valence-corrected chi connectivity index (χ0v) is 22.6. The second-order valence-corrected chi connectivity index (χ2v) is 10.3. The molecule has 192 valence electrons. The van der Waals surface area contributed by atoms with E-state index in [4.69, 9.17) is 10.5 Å². The number of nitrogens with two attached hydrogens (primary N) is 1. The van der Waals surface area contributed by atoms with Crippen molar-refractivity contribution in [3.8, 4) is 11.1 Å². The van der Waals surface area contributed by atoms with Gasteiger partial charge < -0.3 is 31.9 Å². The Bertz CT molecular complexity index is 910. The van der Waals surface area contributed by atoms with Gasteiger partial charge in [-0.15, -0.1) is 0 Å². The average Bonchev–Trinajstić information content (AvgIpc) is 3.21. The number of hydrogen-bond donors (Lipinski definition) is 2. The number of carbonyl (C=O) groups excluding carboxylic acids is 1. The van der Waals surface area contributed by atoms with E-state index in [2.05, 4.69) is 17.4 Å². The van der Waals surface area contributed by atoms with E-state index >= 15 is 0 Å². The highest BCUT2D eigenvalue weighted by Gasteiger charge is 2.47. The number of hydrogen-bond acceptors (Lipinski definition) is 3. The molecule has 2 aromatic rings. The molecule has 0 spiro atoms. The van der Waals surface area contributed by atoms with E-state index in [0.29, 0.717) is 5.92 Å². The highest BCUT2D eigenvalue weighted by molar-refractivity contribution is 5.91. The van der Waals surface area contributed by atoms with Crippen molar-refractivity contribution in [2.24, 2.45) is 11.7 Å². The number of anilines is 1. The minimum absolute atomic E-state index is 0. The second-order valence-electron chi connectivity index (χ2n) is 10.3. The van der Waals surface area contributed by atoms with Crippen LogP contribution in [0.4, 0.5) is 10.5 Å². The molecule has 3 N–H and O–H groups in total. The van der Waals surface area contributed by atoms with Crippen molar-refractivity contribution in [1.82, 2.24) is 0 Å². The molecule has 4 rings (SSSR count). The van der Waals surface area contributed by atoms with Crippen LogP contribution in [0.5, 0.6) is 0 Å². The van der Waals surface area contributed by atoms with Crippen molar-refractivity contribution in [2.75, 3.05) is 38.0 Å². The smallest absolute Gasteiger partial charge is 0.411 e. The summed E-state index contributed by atoms with van der Waals surface area (Å²) in [5.41, 5.74) is 8.47. The summed E-state index contributed by atoms with van der Waals surface area (Å²) < 4.78 is 7.23. The fraction of sp³-hybridized carbons (Fsp3) is 0.552. The topological polar surface area (TPSA) is 64.3 Å². The number of halogens is 1. The Kier molecular flexibility index (Phi) is 11.1. The number of benzene rings is 2. The lowest BCUT2D eigenvalue weighted by atomic mass is 9.95. The van der Waals surface area contributed by atoms with Crippen LogP contribution >= 0.6 is 0 Å². The summed E-state index contributed by atoms with van der Waals surface area (Å²) in [6, 6.07) is 18.1. The molecular weight excluding hydrogens is 502 g/mol. The minimum atomic E-state index is -0.324. The molecule has 2 bridgehead atoms. The number of ether oxygens (including phenoxy) is 1. The quantitative estimate of drug-likeness (QED) is 0.319. The number of quaternary nitrogens is 1. The molecule has 0 radical (unpaired) electrons. The predicted molar refractivity (Wildman–Crippen MR) is 140 cm³/mol. The fourth-order valence-electron chi connectivity index (χ4n) is 5.95. The van der Waals surface area contributed by atoms with Crippen LogP contribution in [-0.2, 0) is 4.74 Å². The monoisotopic (exact) mass is 543 g/mol. The van der Waals surface area contributed by atoms with Gasteiger partial charge in [0.25, 0.3) is 0 Å². The molecule has 3 atom stereocenters. The van der Waals surface area contributed by atoms with Crippen molar-refractivity contribution in [2.45, 2.75) is 63.9 Å². The van der Waals surface area contributed by atoms with E-state index in [1.165, 1.54) is 75.5 Å². The van der Waals surface area contributed by atoms with Gasteiger partial charge in [-0.05, 0) is 37.4 Å². The number of rotatable bonds is 12. The summed E-state index contributed by atoms with van der Waals surface area (Å²) in [6.45, 7) is 5.69. The van der Waals surface area contributed by atoms with Gasteiger partial charge >= 0.3 is 6.09 Å². The van der Waals surface area contributed by atoms with Crippen molar-refractivity contribution in [1.29, 1.82) is 0 Å². The van der Waals surface area contributed by atoms with E-state index in [-0.39, 0.29) is 29.2 Å². The highest BCUT2D eigenvalue weighted by Crippen LogP contribution is 2.36. The van der Waals surface area contributed by atoms with Gasteiger partial charge in [-0.25, -0.2) is 4.79 Å². The molecule has 1 amide bonds. The van der Waals surface area contributed by atoms with Crippen LogP contribution < -0.4 is 28.0 Å². The Hall–Kier alpha value is -1.89. The van der Waals surface area contributed by atoms with Crippen LogP contribution in [0, 0.1) is 5.92 Å². The number of nitrogens with one attached hydrogen (secondary N) is 1. The van der Waals surface area contributed by atoms with Gasteiger partial charge in [-0.3, -0.25) is 5.32 Å². The standard InChI is InChI=1S/C29H41N3O2.BrH/c30-19-11-4-2-1-3-5-12-20-32-21-17-25(23-32)28(18-22-32)34-29(33)31-27-16-10-9-15-26(27)24-13-7-6-8-14-24;/h6-10,13-16,25,28H,1-5,11-12,17-23,30H2;1H/t25?,28?,32-;/m1./s1. The van der Waals surface area contributed by atoms with Crippen molar-refractivity contribution in [3.63, 3.8) is 0 Å². The molecule has 2 saturated heterocycles. The summed E-state index contributed by atoms with van der Waals surface area (Å²) in [5.74, 6) is 0.500. The van der Waals surface area contributed by atoms with Crippen molar-refractivity contribution in [3.05, 3.63) is 54.6 Å². The number of para-hydroxylation sites is 1. The van der Waals surface area contributed by atoms with Gasteiger partial charge in [0.2, 0.25) is 0 Å². The first kappa shape index (κ1) is 27.7. The van der Waals surface area contributed by atoms with Gasteiger partial charge in [-0.2, -0.15) is 0 Å². The number of nitrogens with zero attached hydrogens (tertiary/aromatic N) is 1. The zero-order valence-electron chi connectivity index (χ0n) is 21.0. The number of piperidine rings is 1. The zero-order chi connectivity index (χ0) is 23.6. The van der Waals surface area contributed by atoms with Gasteiger partial charge in [0, 0.05) is 18.4 Å². The average molecular weight is 545 g/mol. The van der Waals surface area contributed by atoms with Crippen LogP contribution in [0.3, 0.4) is 0 Å². The summed E-state index contributed by atoms with van der Waals surface area (Å²) in [6.07, 6.45) is 11.0. The molecule has 6 heteroatoms. The first-order valence-corrected chi connectivity index (χ1v) is 13.4. The Morgan fingerprint density at radius 2 is 1.54 bits per heavy atom. The van der Waals surface area contributed by atoms with Crippen LogP contribution in [0.15, 0.2) is 54.6 Å². The number of amides is 1. The molecule has 2 aliphatic heterocycles. The van der Waals surface area contributed by atoms with Crippen LogP contribution in [0.25, 0.3) is 11.1 Å². The number of fused-ring (bicyclic) bond motifs is 2. The first-order valence-electron chi connectivity index (χ1n) is 13.4. The van der Waals surface area contributed by atoms with Crippen molar-refractivity contribution < 1.29 is 31.0 Å². The molecule has 2 fully saturated rings. The summed E-state index contributed by atoms with van der Waals surface area (Å²) in [4.78, 5) is 12.8. The van der Waals surface area contributed by atoms with Gasteiger partial charge in [-0.1, -0.05) is 74.2 Å². The third kappa shape index (κ3) is 7.80. The molecule has 0 saturated carbocycles. The Morgan fingerprint density at radius 3 is 2.31 bits per heavy atom. The van der Waals surface area contributed by atoms with Gasteiger partial charge in [0.15, 0.2) is 0 Å². The lowest BCUT2D eigenvalue weighted by Crippen LogP contribution is -3.00. The van der Waals surface area contributed by atoms with Gasteiger partial charge in [0.1, 0.15) is 6.10 Å². The third-order valence-corrected chi connectivity index (χ3v) is 7.85. The molecule has 2 unspecified atom stereocenters. The molecular formula is C29H42BrN3O2. The van der Waals surface area contributed by atoms with E-state index in [1.54, 1.807) is 0 Å². The van der Waals surface area contributed by atoms with Crippen LogP contribution in [0.1, 0.15) is 57.8 Å². The lowest BCUT2D eigenvalue weighted by Gasteiger charge is -2.40. The SMILES string of the molecule is NCCCCCCCCC[N@+]12CCC(C1)C(OC(=O)Nc1ccccc1-c1ccccc1)CC2.[Br-]. The van der Waals surface area contributed by atoms with E-state index in [1.807, 2.05) is 42.5 Å². The second kappa shape index (κ2) is 14.0. The van der Waals surface area contributed by atoms with Crippen LogP contribution in [0.2, 0.25) is 0 Å². The summed E-state index contributed by atoms with van der Waals surface area (Å²) >= 11 is 0. The maximum absolute atomic E-state index is 12.8. The number of carbonyl (C=O) groups is 1. The summed E-state index contributed by atoms with van der Waals surface area (Å²) in [7, 11) is 0. The highest BCUT2D eigenvalue weighted by atomic mass is 79.9. The normalized spacial score (nSPS) is 22.9. The largest absolute Gasteiger partial charge is 1.00 e. The molecule has 2 heterocycles. The van der Waals surface area contributed by atoms with Crippen LogP contribution in [-0.4, -0.2) is 49.4 Å². The molecule has 2 aliphatic rings. The predicted octanol–water partition coefficient (Wildman–Crippen LogP) is 3.20. The molecule has 0 aliphatic carbocycles. The molecule has 2 aromatic carbocycles. The van der Waals surface area contributed by atoms with Crippen molar-refractivity contribution >= 4 is 11.8 Å². The Labute approximate surface area is 221 Å². The summed E-state index contributed by atoms with van der Waals surface area (Å²) in [5, 5.41) is 3.02. The Morgan fingerprint density at radius 1 is 0.886 bits per heavy atom. The maximum atomic E-state index is 12.8. The minimum Gasteiger partial charge on any atom is -1.00 e. The third-order valence-electron chi connectivity index (χ3n) is 7.85. The number of unbranched alkanes of at least 4 members (excludes halogenated alkanes) is 6. The van der Waals surface area contributed by atoms with Gasteiger partial charge in [0.05, 0.1) is 37.8 Å². The molecule has 0 aromatic heterocycles. The Balaban J connectivity index is 0.00000342. The molecule has 35 heavy (non-hydrogen) atoms. The molecule has 5 nitrogen and oxygen atoms in total. The first-order chi connectivity index (χ1) is 16.7. The lowest BCUT2D eigenvalue weighted by molar-refractivity contribution is -0.922. The van der Waals surface area contributed by atoms with E-state index in [9.17, 15) is 4.79 Å². The maximum Gasteiger partial charge on any atom is 0.411 e. The fourth-order valence-corrected chi connectivity index (χ4v) is 5.95. The van der Waals surface area contributed by atoms with E-state index in [0.717, 1.165) is 36.3 Å². The van der Waals surface area contributed by atoms with E-state index < -0.39 is 0 Å².